The minimum Gasteiger partial charge on any atom is -0.488 e. The van der Waals surface area contributed by atoms with Crippen molar-refractivity contribution in [2.75, 3.05) is 26.0 Å². The molecule has 2 aliphatic rings. The van der Waals surface area contributed by atoms with Gasteiger partial charge in [0.25, 0.3) is 0 Å². The number of aromatic amines is 1. The molecule has 3 aromatic rings. The molecule has 5 rings (SSSR count). The second-order valence-corrected chi connectivity index (χ2v) is 13.6. The fourth-order valence-electron chi connectivity index (χ4n) is 4.55. The summed E-state index contributed by atoms with van der Waals surface area (Å²) in [5, 5.41) is 12.3. The van der Waals surface area contributed by atoms with Crippen LogP contribution in [-0.4, -0.2) is 66.5 Å². The number of hydrogen-bond acceptors (Lipinski definition) is 8. The van der Waals surface area contributed by atoms with E-state index in [0.29, 0.717) is 43.4 Å². The fraction of sp³-hybridized carbons (Fsp3) is 0.444. The Morgan fingerprint density at radius 3 is 2.54 bits per heavy atom. The van der Waals surface area contributed by atoms with E-state index in [4.69, 9.17) is 19.2 Å². The van der Waals surface area contributed by atoms with Crippen molar-refractivity contribution >= 4 is 37.5 Å². The highest BCUT2D eigenvalue weighted by Gasteiger charge is 2.28. The Balaban J connectivity index is 1.44. The maximum atomic E-state index is 11.8. The predicted molar refractivity (Wildman–Crippen MR) is 146 cm³/mol. The van der Waals surface area contributed by atoms with E-state index < -0.39 is 15.4 Å². The molecule has 2 N–H and O–H groups in total. The summed E-state index contributed by atoms with van der Waals surface area (Å²) in [5.41, 5.74) is 1.04. The van der Waals surface area contributed by atoms with Gasteiger partial charge in [0.1, 0.15) is 28.4 Å². The van der Waals surface area contributed by atoms with E-state index in [1.165, 1.54) is 18.4 Å². The third-order valence-electron chi connectivity index (χ3n) is 6.29. The normalized spacial score (nSPS) is 19.2. The zero-order chi connectivity index (χ0) is 26.2. The Morgan fingerprint density at radius 1 is 1.14 bits per heavy atom. The van der Waals surface area contributed by atoms with Crippen LogP contribution in [-0.2, 0) is 14.6 Å². The van der Waals surface area contributed by atoms with Crippen LogP contribution in [0.1, 0.15) is 38.8 Å². The van der Waals surface area contributed by atoms with Crippen LogP contribution in [0.15, 0.2) is 52.4 Å². The molecule has 3 heterocycles. The molecular formula is C27H32N2O6S2. The van der Waals surface area contributed by atoms with E-state index in [1.807, 2.05) is 32.0 Å². The van der Waals surface area contributed by atoms with Gasteiger partial charge in [-0.3, -0.25) is 4.99 Å². The van der Waals surface area contributed by atoms with Gasteiger partial charge in [0.15, 0.2) is 9.84 Å². The predicted octanol–water partition coefficient (Wildman–Crippen LogP) is 4.94. The van der Waals surface area contributed by atoms with Crippen LogP contribution in [0.5, 0.6) is 17.2 Å². The number of nitrogens with zero attached hydrogens (tertiary/aromatic N) is 1. The molecule has 1 saturated heterocycles. The summed E-state index contributed by atoms with van der Waals surface area (Å²) in [6, 6.07) is 12.2. The van der Waals surface area contributed by atoms with Gasteiger partial charge in [-0.15, -0.1) is 0 Å². The third-order valence-corrected chi connectivity index (χ3v) is 8.64. The quantitative estimate of drug-likeness (QED) is 0.413. The van der Waals surface area contributed by atoms with Gasteiger partial charge in [-0.25, -0.2) is 8.42 Å². The summed E-state index contributed by atoms with van der Waals surface area (Å²) in [5.74, 6) is 1.81. The topological polar surface area (TPSA) is 110 Å². The number of aliphatic hydroxyl groups is 1. The molecule has 1 unspecified atom stereocenters. The Labute approximate surface area is 221 Å². The van der Waals surface area contributed by atoms with E-state index in [1.54, 1.807) is 23.9 Å². The van der Waals surface area contributed by atoms with Crippen LogP contribution >= 0.6 is 11.8 Å². The van der Waals surface area contributed by atoms with Gasteiger partial charge in [-0.1, -0.05) is 11.8 Å². The van der Waals surface area contributed by atoms with Gasteiger partial charge < -0.3 is 24.3 Å². The molecule has 198 valence electrons. The van der Waals surface area contributed by atoms with Crippen molar-refractivity contribution in [2.45, 2.75) is 55.0 Å². The van der Waals surface area contributed by atoms with E-state index in [9.17, 15) is 13.5 Å². The number of rotatable bonds is 8. The third kappa shape index (κ3) is 6.49. The molecule has 1 aromatic heterocycles. The molecule has 1 fully saturated rings. The van der Waals surface area contributed by atoms with Gasteiger partial charge in [-0.2, -0.15) is 0 Å². The lowest BCUT2D eigenvalue weighted by molar-refractivity contribution is 0.0260. The minimum atomic E-state index is -3.28. The van der Waals surface area contributed by atoms with Crippen molar-refractivity contribution in [1.29, 1.82) is 0 Å². The Kier molecular flexibility index (Phi) is 7.28. The van der Waals surface area contributed by atoms with Crippen LogP contribution in [0.4, 0.5) is 0 Å². The van der Waals surface area contributed by atoms with Crippen molar-refractivity contribution in [1.82, 2.24) is 4.98 Å². The molecule has 1 atom stereocenters. The number of thioether (sulfide) groups is 1. The fourth-order valence-corrected chi connectivity index (χ4v) is 6.52. The first-order chi connectivity index (χ1) is 17.5. The number of nitrogens with one attached hydrogen (secondary N) is 1. The number of benzene rings is 2. The van der Waals surface area contributed by atoms with Crippen LogP contribution in [0, 0.1) is 0 Å². The maximum absolute atomic E-state index is 11.8. The molecule has 37 heavy (non-hydrogen) atoms. The van der Waals surface area contributed by atoms with Gasteiger partial charge in [0, 0.05) is 35.8 Å². The number of sulfone groups is 1. The summed E-state index contributed by atoms with van der Waals surface area (Å²) in [4.78, 5) is 8.47. The first-order valence-corrected chi connectivity index (χ1v) is 15.1. The van der Waals surface area contributed by atoms with E-state index in [0.717, 1.165) is 34.5 Å². The number of H-pyrrole nitrogens is 1. The first-order valence-electron chi connectivity index (χ1n) is 12.4. The number of ether oxygens (including phenoxy) is 3. The number of hydrogen-bond donors (Lipinski definition) is 2. The number of aromatic nitrogens is 1. The molecule has 0 spiro atoms. The van der Waals surface area contributed by atoms with Gasteiger partial charge in [0.05, 0.1) is 41.5 Å². The van der Waals surface area contributed by atoms with Crippen LogP contribution < -0.4 is 9.47 Å². The second-order valence-electron chi connectivity index (χ2n) is 10.2. The van der Waals surface area contributed by atoms with E-state index in [2.05, 4.69) is 4.98 Å². The van der Waals surface area contributed by atoms with Crippen LogP contribution in [0.2, 0.25) is 0 Å². The summed E-state index contributed by atoms with van der Waals surface area (Å²) < 4.78 is 41.6. The zero-order valence-electron chi connectivity index (χ0n) is 21.2. The lowest BCUT2D eigenvalue weighted by Gasteiger charge is -2.24. The summed E-state index contributed by atoms with van der Waals surface area (Å²) in [6.45, 7) is 5.66. The standard InChI is InChI=1S/C27H32N2O6S2/c1-27(2,30)15-21-16-28-26(36-21)23-13-17-12-20(34-18-4-6-22(7-5-18)37(3,31)32)14-24(25(17)29-23)35-19-8-10-33-11-9-19/h4-7,12-14,19,21,29-30H,8-11,15-16H2,1-3H3. The summed E-state index contributed by atoms with van der Waals surface area (Å²) >= 11 is 1.68. The van der Waals surface area contributed by atoms with Gasteiger partial charge in [-0.05, 0) is 56.7 Å². The van der Waals surface area contributed by atoms with Crippen molar-refractivity contribution in [3.05, 3.63) is 48.2 Å². The molecule has 8 nitrogen and oxygen atoms in total. The average molecular weight is 545 g/mol. The molecule has 0 bridgehead atoms. The maximum Gasteiger partial charge on any atom is 0.175 e. The van der Waals surface area contributed by atoms with Crippen molar-refractivity contribution in [2.24, 2.45) is 4.99 Å². The van der Waals surface area contributed by atoms with Gasteiger partial charge >= 0.3 is 0 Å². The number of aliphatic imine (C=N–C) groups is 1. The van der Waals surface area contributed by atoms with E-state index in [-0.39, 0.29) is 16.2 Å². The Hall–Kier alpha value is -2.53. The largest absolute Gasteiger partial charge is 0.488 e. The molecule has 2 aliphatic heterocycles. The second kappa shape index (κ2) is 10.3. The molecule has 10 heteroatoms. The minimum absolute atomic E-state index is 0.0438. The molecule has 0 radical (unpaired) electrons. The van der Waals surface area contributed by atoms with Crippen LogP contribution in [0.3, 0.4) is 0 Å². The first kappa shape index (κ1) is 26.1. The molecule has 0 amide bonds. The highest BCUT2D eigenvalue weighted by Crippen LogP contribution is 2.38. The van der Waals surface area contributed by atoms with Crippen LogP contribution in [0.25, 0.3) is 10.9 Å². The molecule has 0 aliphatic carbocycles. The Bertz CT molecular complexity index is 1400. The van der Waals surface area contributed by atoms with Crippen molar-refractivity contribution < 1.29 is 27.7 Å². The smallest absolute Gasteiger partial charge is 0.175 e. The highest BCUT2D eigenvalue weighted by atomic mass is 32.2. The lowest BCUT2D eigenvalue weighted by atomic mass is 10.0. The van der Waals surface area contributed by atoms with Crippen molar-refractivity contribution in [3.8, 4) is 17.2 Å². The van der Waals surface area contributed by atoms with E-state index >= 15 is 0 Å². The lowest BCUT2D eigenvalue weighted by Crippen LogP contribution is -2.25. The van der Waals surface area contributed by atoms with Crippen molar-refractivity contribution in [3.63, 3.8) is 0 Å². The molecule has 0 saturated carbocycles. The molecule has 2 aromatic carbocycles. The monoisotopic (exact) mass is 544 g/mol. The number of fused-ring (bicyclic) bond motifs is 1. The highest BCUT2D eigenvalue weighted by molar-refractivity contribution is 8.15. The molecular weight excluding hydrogens is 512 g/mol. The zero-order valence-corrected chi connectivity index (χ0v) is 22.8. The summed E-state index contributed by atoms with van der Waals surface area (Å²) in [6.07, 6.45) is 3.52. The average Bonchev–Trinajstić information content (AvgIpc) is 3.45. The Morgan fingerprint density at radius 2 is 1.86 bits per heavy atom. The van der Waals surface area contributed by atoms with Gasteiger partial charge in [0.2, 0.25) is 0 Å². The SMILES string of the molecule is CC(C)(O)CC1CN=C(c2cc3cc(Oc4ccc(S(C)(=O)=O)cc4)cc(OC4CCOCC4)c3[nH]2)S1. The summed E-state index contributed by atoms with van der Waals surface area (Å²) in [7, 11) is -3.28.